The Morgan fingerprint density at radius 2 is 2.17 bits per heavy atom. The van der Waals surface area contributed by atoms with Gasteiger partial charge < -0.3 is 4.74 Å². The van der Waals surface area contributed by atoms with Gasteiger partial charge in [0.15, 0.2) is 5.82 Å². The van der Waals surface area contributed by atoms with Crippen LogP contribution in [-0.4, -0.2) is 21.9 Å². The summed E-state index contributed by atoms with van der Waals surface area (Å²) in [5.74, 6) is 0.0667. The van der Waals surface area contributed by atoms with Crippen LogP contribution >= 0.6 is 0 Å². The van der Waals surface area contributed by atoms with Crippen LogP contribution in [-0.2, 0) is 11.2 Å². The number of carbonyl (C=O) groups excluding carboxylic acids is 1. The van der Waals surface area contributed by atoms with E-state index >= 15 is 0 Å². The van der Waals surface area contributed by atoms with Crippen molar-refractivity contribution in [2.75, 3.05) is 5.32 Å². The standard InChI is InChI=1S/C11H13N5O2/c1-11(2,3)18-10(17)14-9-7(6-13)8(4-5-12)15-16-9/h4H2,1-3H3,(H2,14,15,16,17). The van der Waals surface area contributed by atoms with Crippen molar-refractivity contribution in [2.45, 2.75) is 32.8 Å². The Morgan fingerprint density at radius 1 is 1.50 bits per heavy atom. The minimum atomic E-state index is -0.700. The lowest BCUT2D eigenvalue weighted by atomic mass is 10.2. The lowest BCUT2D eigenvalue weighted by molar-refractivity contribution is 0.0635. The Kier molecular flexibility index (Phi) is 3.90. The quantitative estimate of drug-likeness (QED) is 0.825. The van der Waals surface area contributed by atoms with Crippen molar-refractivity contribution in [2.24, 2.45) is 0 Å². The number of anilines is 1. The van der Waals surface area contributed by atoms with Crippen LogP contribution in [0.2, 0.25) is 0 Å². The third kappa shape index (κ3) is 3.49. The van der Waals surface area contributed by atoms with Crippen molar-refractivity contribution in [1.82, 2.24) is 10.2 Å². The van der Waals surface area contributed by atoms with E-state index in [0.717, 1.165) is 0 Å². The number of nitriles is 2. The van der Waals surface area contributed by atoms with Crippen LogP contribution in [0.25, 0.3) is 0 Å². The van der Waals surface area contributed by atoms with Gasteiger partial charge in [-0.1, -0.05) is 0 Å². The molecule has 0 radical (unpaired) electrons. The highest BCUT2D eigenvalue weighted by atomic mass is 16.6. The van der Waals surface area contributed by atoms with Gasteiger partial charge >= 0.3 is 6.09 Å². The van der Waals surface area contributed by atoms with Crippen LogP contribution < -0.4 is 5.32 Å². The zero-order chi connectivity index (χ0) is 13.8. The number of amides is 1. The molecular weight excluding hydrogens is 234 g/mol. The smallest absolute Gasteiger partial charge is 0.413 e. The molecule has 0 aliphatic rings. The number of ether oxygens (including phenoxy) is 1. The average Bonchev–Trinajstić information content (AvgIpc) is 2.58. The second kappa shape index (κ2) is 5.19. The molecule has 0 saturated heterocycles. The number of hydrogen-bond acceptors (Lipinski definition) is 5. The van der Waals surface area contributed by atoms with E-state index < -0.39 is 11.7 Å². The summed E-state index contributed by atoms with van der Waals surface area (Å²) < 4.78 is 5.03. The van der Waals surface area contributed by atoms with Crippen LogP contribution in [0, 0.1) is 22.7 Å². The van der Waals surface area contributed by atoms with Crippen LogP contribution in [0.3, 0.4) is 0 Å². The molecular formula is C11H13N5O2. The highest BCUT2D eigenvalue weighted by Crippen LogP contribution is 2.17. The molecule has 0 bridgehead atoms. The predicted octanol–water partition coefficient (Wildman–Crippen LogP) is 1.69. The fraction of sp³-hybridized carbons (Fsp3) is 0.455. The molecule has 1 amide bonds. The maximum Gasteiger partial charge on any atom is 0.413 e. The van der Waals surface area contributed by atoms with Gasteiger partial charge in [-0.2, -0.15) is 15.6 Å². The van der Waals surface area contributed by atoms with E-state index in [1.165, 1.54) is 0 Å². The van der Waals surface area contributed by atoms with E-state index in [2.05, 4.69) is 15.5 Å². The van der Waals surface area contributed by atoms with Gasteiger partial charge in [-0.25, -0.2) is 4.79 Å². The minimum absolute atomic E-state index is 0.0197. The number of H-pyrrole nitrogens is 1. The molecule has 1 heterocycles. The van der Waals surface area contributed by atoms with Gasteiger partial charge in [0.2, 0.25) is 0 Å². The molecule has 0 aliphatic carbocycles. The fourth-order valence-electron chi connectivity index (χ4n) is 1.20. The van der Waals surface area contributed by atoms with Gasteiger partial charge in [-0.3, -0.25) is 10.4 Å². The van der Waals surface area contributed by atoms with Gasteiger partial charge in [0, 0.05) is 0 Å². The summed E-state index contributed by atoms with van der Waals surface area (Å²) in [6.45, 7) is 5.18. The summed E-state index contributed by atoms with van der Waals surface area (Å²) in [5.41, 5.74) is -0.128. The molecule has 1 aromatic heterocycles. The number of hydrogen-bond donors (Lipinski definition) is 2. The number of carbonyl (C=O) groups is 1. The van der Waals surface area contributed by atoms with Crippen LogP contribution in [0.4, 0.5) is 10.6 Å². The summed E-state index contributed by atoms with van der Waals surface area (Å²) in [5, 5.41) is 26.2. The average molecular weight is 247 g/mol. The Labute approximate surface area is 104 Å². The van der Waals surface area contributed by atoms with Crippen molar-refractivity contribution in [1.29, 1.82) is 10.5 Å². The summed E-state index contributed by atoms with van der Waals surface area (Å²) in [7, 11) is 0. The van der Waals surface area contributed by atoms with E-state index in [1.807, 2.05) is 12.1 Å². The fourth-order valence-corrected chi connectivity index (χ4v) is 1.20. The van der Waals surface area contributed by atoms with Crippen molar-refractivity contribution >= 4 is 11.9 Å². The van der Waals surface area contributed by atoms with Gasteiger partial charge in [-0.05, 0) is 20.8 Å². The minimum Gasteiger partial charge on any atom is -0.444 e. The van der Waals surface area contributed by atoms with Crippen molar-refractivity contribution in [3.8, 4) is 12.1 Å². The Hall–Kier alpha value is -2.54. The largest absolute Gasteiger partial charge is 0.444 e. The highest BCUT2D eigenvalue weighted by Gasteiger charge is 2.20. The first-order valence-corrected chi connectivity index (χ1v) is 5.21. The normalized spacial score (nSPS) is 10.3. The van der Waals surface area contributed by atoms with E-state index in [0.29, 0.717) is 5.69 Å². The summed E-state index contributed by atoms with van der Waals surface area (Å²) in [6, 6.07) is 3.78. The molecule has 1 aromatic rings. The molecule has 7 nitrogen and oxygen atoms in total. The molecule has 0 saturated carbocycles. The molecule has 0 atom stereocenters. The summed E-state index contributed by atoms with van der Waals surface area (Å²) in [4.78, 5) is 11.5. The van der Waals surface area contributed by atoms with Gasteiger partial charge in [-0.15, -0.1) is 0 Å². The Balaban J connectivity index is 2.84. The molecule has 94 valence electrons. The molecule has 1 rings (SSSR count). The van der Waals surface area contributed by atoms with E-state index in [4.69, 9.17) is 15.3 Å². The van der Waals surface area contributed by atoms with Crippen LogP contribution in [0.15, 0.2) is 0 Å². The third-order valence-corrected chi connectivity index (χ3v) is 1.83. The molecule has 0 unspecified atom stereocenters. The number of aromatic amines is 1. The molecule has 0 spiro atoms. The number of nitrogens with zero attached hydrogens (tertiary/aromatic N) is 3. The molecule has 18 heavy (non-hydrogen) atoms. The second-order valence-corrected chi connectivity index (χ2v) is 4.50. The van der Waals surface area contributed by atoms with Crippen molar-refractivity contribution in [3.05, 3.63) is 11.3 Å². The van der Waals surface area contributed by atoms with E-state index in [9.17, 15) is 4.79 Å². The Bertz CT molecular complexity index is 527. The van der Waals surface area contributed by atoms with Gasteiger partial charge in [0.25, 0.3) is 0 Å². The number of aromatic nitrogens is 2. The molecule has 0 fully saturated rings. The summed E-state index contributed by atoms with van der Waals surface area (Å²) >= 11 is 0. The first-order valence-electron chi connectivity index (χ1n) is 5.21. The third-order valence-electron chi connectivity index (χ3n) is 1.83. The zero-order valence-corrected chi connectivity index (χ0v) is 10.4. The van der Waals surface area contributed by atoms with Crippen LogP contribution in [0.5, 0.6) is 0 Å². The van der Waals surface area contributed by atoms with Crippen molar-refractivity contribution < 1.29 is 9.53 Å². The molecule has 2 N–H and O–H groups in total. The van der Waals surface area contributed by atoms with Crippen LogP contribution in [0.1, 0.15) is 32.0 Å². The van der Waals surface area contributed by atoms with Gasteiger partial charge in [0.05, 0.1) is 18.2 Å². The lowest BCUT2D eigenvalue weighted by Gasteiger charge is -2.19. The number of nitrogens with one attached hydrogen (secondary N) is 2. The monoisotopic (exact) mass is 247 g/mol. The highest BCUT2D eigenvalue weighted by molar-refractivity contribution is 5.85. The zero-order valence-electron chi connectivity index (χ0n) is 10.4. The van der Waals surface area contributed by atoms with Crippen molar-refractivity contribution in [3.63, 3.8) is 0 Å². The number of rotatable bonds is 2. The Morgan fingerprint density at radius 3 is 2.67 bits per heavy atom. The summed E-state index contributed by atoms with van der Waals surface area (Å²) in [6.07, 6.45) is -0.680. The second-order valence-electron chi connectivity index (χ2n) is 4.50. The predicted molar refractivity (Wildman–Crippen MR) is 62.5 cm³/mol. The van der Waals surface area contributed by atoms with E-state index in [1.54, 1.807) is 20.8 Å². The van der Waals surface area contributed by atoms with Gasteiger partial charge in [0.1, 0.15) is 17.2 Å². The topological polar surface area (TPSA) is 115 Å². The molecule has 0 aromatic carbocycles. The van der Waals surface area contributed by atoms with E-state index in [-0.39, 0.29) is 17.8 Å². The molecule has 0 aliphatic heterocycles. The maximum atomic E-state index is 11.5. The molecule has 7 heteroatoms. The SMILES string of the molecule is CC(C)(C)OC(=O)Nc1n[nH]c(CC#N)c1C#N. The lowest BCUT2D eigenvalue weighted by Crippen LogP contribution is -2.27. The maximum absolute atomic E-state index is 11.5. The first kappa shape index (κ1) is 13.5. The first-order chi connectivity index (χ1) is 8.37.